The molecule has 1 heterocycles. The molecule has 0 saturated heterocycles. The van der Waals surface area contributed by atoms with Crippen molar-refractivity contribution in [3.8, 4) is 23.3 Å². The number of hydrogen-bond donors (Lipinski definition) is 1. The molecule has 0 aliphatic rings. The molecule has 0 fully saturated rings. The summed E-state index contributed by atoms with van der Waals surface area (Å²) in [4.78, 5) is 26.6. The zero-order chi connectivity index (χ0) is 26.5. The smallest absolute Gasteiger partial charge is 0.336 e. The lowest BCUT2D eigenvalue weighted by molar-refractivity contribution is -0.130. The van der Waals surface area contributed by atoms with Crippen molar-refractivity contribution in [1.82, 2.24) is 8.75 Å². The van der Waals surface area contributed by atoms with Crippen molar-refractivity contribution in [1.29, 1.82) is 5.26 Å². The number of ether oxygens (including phenoxy) is 3. The van der Waals surface area contributed by atoms with Crippen molar-refractivity contribution < 1.29 is 28.9 Å². The fraction of sp³-hybridized carbons (Fsp3) is 0.148. The van der Waals surface area contributed by atoms with Crippen LogP contribution in [0.1, 0.15) is 27.0 Å². The van der Waals surface area contributed by atoms with Gasteiger partial charge in [0.2, 0.25) is 5.75 Å². The molecule has 0 bridgehead atoms. The van der Waals surface area contributed by atoms with Gasteiger partial charge in [-0.3, -0.25) is 4.79 Å². The number of nitrogens with zero attached hydrogens (tertiary/aromatic N) is 3. The van der Waals surface area contributed by atoms with Crippen LogP contribution in [0.15, 0.2) is 60.2 Å². The molecule has 0 saturated carbocycles. The SMILES string of the molecule is COc1cc(C(=O)/C(Cc2ccc(C#N)cc2)=C(/C(=O)O)c2ccc3nsnc3c2)cc(OC)c1OC. The third-order valence-corrected chi connectivity index (χ3v) is 6.28. The third-order valence-electron chi connectivity index (χ3n) is 5.72. The highest BCUT2D eigenvalue weighted by Crippen LogP contribution is 2.39. The Kier molecular flexibility index (Phi) is 7.46. The van der Waals surface area contributed by atoms with Crippen molar-refractivity contribution in [2.24, 2.45) is 0 Å². The van der Waals surface area contributed by atoms with Crippen LogP contribution in [0.3, 0.4) is 0 Å². The van der Waals surface area contributed by atoms with Crippen molar-refractivity contribution in [2.45, 2.75) is 6.42 Å². The number of ketones is 1. The Morgan fingerprint density at radius 2 is 1.54 bits per heavy atom. The number of methoxy groups -OCH3 is 3. The van der Waals surface area contributed by atoms with Gasteiger partial charge in [0.25, 0.3) is 0 Å². The van der Waals surface area contributed by atoms with Gasteiger partial charge >= 0.3 is 5.97 Å². The summed E-state index contributed by atoms with van der Waals surface area (Å²) in [6, 6.07) is 16.5. The van der Waals surface area contributed by atoms with Crippen LogP contribution in [-0.4, -0.2) is 46.9 Å². The van der Waals surface area contributed by atoms with Gasteiger partial charge in [0, 0.05) is 17.6 Å². The van der Waals surface area contributed by atoms with Gasteiger partial charge in [-0.1, -0.05) is 18.2 Å². The van der Waals surface area contributed by atoms with Crippen molar-refractivity contribution in [2.75, 3.05) is 21.3 Å². The Morgan fingerprint density at radius 3 is 2.11 bits per heavy atom. The highest BCUT2D eigenvalue weighted by atomic mass is 32.1. The normalized spacial score (nSPS) is 11.4. The number of carboxylic acids is 1. The summed E-state index contributed by atoms with van der Waals surface area (Å²) >= 11 is 1.01. The van der Waals surface area contributed by atoms with Gasteiger partial charge in [0.05, 0.1) is 50.3 Å². The number of aromatic nitrogens is 2. The van der Waals surface area contributed by atoms with Crippen LogP contribution in [0.5, 0.6) is 17.2 Å². The van der Waals surface area contributed by atoms with E-state index >= 15 is 0 Å². The minimum absolute atomic E-state index is 0.00378. The molecule has 0 radical (unpaired) electrons. The number of hydrogen-bond acceptors (Lipinski definition) is 9. The predicted octanol–water partition coefficient (Wildman–Crippen LogP) is 4.55. The lowest BCUT2D eigenvalue weighted by atomic mass is 9.89. The lowest BCUT2D eigenvalue weighted by Gasteiger charge is -2.16. The molecule has 4 aromatic rings. The van der Waals surface area contributed by atoms with E-state index < -0.39 is 11.8 Å². The molecule has 0 aliphatic heterocycles. The zero-order valence-electron chi connectivity index (χ0n) is 20.1. The first-order valence-corrected chi connectivity index (χ1v) is 11.7. The van der Waals surface area contributed by atoms with E-state index in [-0.39, 0.29) is 34.6 Å². The van der Waals surface area contributed by atoms with E-state index in [9.17, 15) is 14.7 Å². The average Bonchev–Trinajstić information content (AvgIpc) is 3.39. The van der Waals surface area contributed by atoms with Gasteiger partial charge in [0.15, 0.2) is 17.3 Å². The summed E-state index contributed by atoms with van der Waals surface area (Å²) in [5.74, 6) is -0.979. The number of carbonyl (C=O) groups is 2. The number of fused-ring (bicyclic) bond motifs is 1. The summed E-state index contributed by atoms with van der Waals surface area (Å²) in [5, 5.41) is 19.4. The Hall–Kier alpha value is -4.75. The minimum atomic E-state index is -1.27. The number of allylic oxidation sites excluding steroid dienone is 1. The zero-order valence-corrected chi connectivity index (χ0v) is 21.0. The van der Waals surface area contributed by atoms with Crippen molar-refractivity contribution in [3.63, 3.8) is 0 Å². The average molecular weight is 516 g/mol. The fourth-order valence-corrected chi connectivity index (χ4v) is 4.45. The van der Waals surface area contributed by atoms with Gasteiger partial charge < -0.3 is 19.3 Å². The van der Waals surface area contributed by atoms with Gasteiger partial charge in [0.1, 0.15) is 11.0 Å². The summed E-state index contributed by atoms with van der Waals surface area (Å²) in [5.41, 5.74) is 2.61. The maximum Gasteiger partial charge on any atom is 0.336 e. The van der Waals surface area contributed by atoms with Crippen LogP contribution < -0.4 is 14.2 Å². The van der Waals surface area contributed by atoms with Crippen LogP contribution in [0.4, 0.5) is 0 Å². The van der Waals surface area contributed by atoms with E-state index in [0.717, 1.165) is 11.7 Å². The molecule has 0 unspecified atom stereocenters. The molecule has 4 rings (SSSR count). The molecule has 0 aliphatic carbocycles. The summed E-state index contributed by atoms with van der Waals surface area (Å²) < 4.78 is 24.5. The molecule has 1 N–H and O–H groups in total. The Morgan fingerprint density at radius 1 is 0.892 bits per heavy atom. The summed E-state index contributed by atoms with van der Waals surface area (Å²) in [7, 11) is 4.31. The molecule has 0 amide bonds. The quantitative estimate of drug-likeness (QED) is 0.252. The Balaban J connectivity index is 1.94. The van der Waals surface area contributed by atoms with E-state index in [2.05, 4.69) is 8.75 Å². The first-order chi connectivity index (χ1) is 17.9. The largest absolute Gasteiger partial charge is 0.493 e. The molecular formula is C27H21N3O6S. The molecule has 3 aromatic carbocycles. The van der Waals surface area contributed by atoms with E-state index in [1.54, 1.807) is 42.5 Å². The Labute approximate surface area is 216 Å². The maximum absolute atomic E-state index is 14.0. The molecule has 10 heteroatoms. The van der Waals surface area contributed by atoms with Crippen LogP contribution in [0.2, 0.25) is 0 Å². The molecule has 0 spiro atoms. The maximum atomic E-state index is 14.0. The molecule has 0 atom stereocenters. The van der Waals surface area contributed by atoms with Crippen molar-refractivity contribution >= 4 is 40.1 Å². The van der Waals surface area contributed by atoms with Crippen LogP contribution >= 0.6 is 11.7 Å². The fourth-order valence-electron chi connectivity index (χ4n) is 3.93. The van der Waals surface area contributed by atoms with Crippen molar-refractivity contribution in [3.05, 3.63) is 82.4 Å². The van der Waals surface area contributed by atoms with Crippen LogP contribution in [0.25, 0.3) is 16.6 Å². The molecule has 186 valence electrons. The first kappa shape index (κ1) is 25.3. The van der Waals surface area contributed by atoms with E-state index in [1.807, 2.05) is 6.07 Å². The van der Waals surface area contributed by atoms with Crippen LogP contribution in [0, 0.1) is 11.3 Å². The molecular weight excluding hydrogens is 494 g/mol. The number of carboxylic acid groups (broad SMARTS) is 1. The number of Topliss-reactive ketones (excluding diaryl/α,β-unsaturated/α-hetero) is 1. The molecule has 37 heavy (non-hydrogen) atoms. The lowest BCUT2D eigenvalue weighted by Crippen LogP contribution is -2.14. The number of rotatable bonds is 9. The number of aliphatic carboxylic acids is 1. The van der Waals surface area contributed by atoms with Gasteiger partial charge in [-0.25, -0.2) is 4.79 Å². The topological polar surface area (TPSA) is 132 Å². The molecule has 9 nitrogen and oxygen atoms in total. The van der Waals surface area contributed by atoms with E-state index in [4.69, 9.17) is 19.5 Å². The second kappa shape index (κ2) is 10.9. The van der Waals surface area contributed by atoms with Gasteiger partial charge in [-0.2, -0.15) is 14.0 Å². The number of nitriles is 1. The standard InChI is InChI=1S/C27H21N3O6S/c1-34-22-12-18(13-23(35-2)26(22)36-3)25(31)19(10-15-4-6-16(14-28)7-5-15)24(27(32)33)17-8-9-20-21(11-17)30-37-29-20/h4-9,11-13H,10H2,1-3H3,(H,32,33)/b24-19+. The highest BCUT2D eigenvalue weighted by Gasteiger charge is 2.26. The number of benzene rings is 3. The number of carbonyl (C=O) groups excluding carboxylic acids is 1. The monoisotopic (exact) mass is 515 g/mol. The summed E-state index contributed by atoms with van der Waals surface area (Å²) in [6.07, 6.45) is -0.00378. The second-order valence-corrected chi connectivity index (χ2v) is 8.38. The van der Waals surface area contributed by atoms with Gasteiger partial charge in [-0.05, 0) is 47.5 Å². The van der Waals surface area contributed by atoms with Gasteiger partial charge in [-0.15, -0.1) is 0 Å². The second-order valence-electron chi connectivity index (χ2n) is 7.86. The minimum Gasteiger partial charge on any atom is -0.493 e. The van der Waals surface area contributed by atoms with E-state index in [1.165, 1.54) is 33.5 Å². The molecule has 1 aromatic heterocycles. The predicted molar refractivity (Wildman–Crippen MR) is 137 cm³/mol. The highest BCUT2D eigenvalue weighted by molar-refractivity contribution is 7.00. The first-order valence-electron chi connectivity index (χ1n) is 10.9. The Bertz CT molecular complexity index is 1540. The summed E-state index contributed by atoms with van der Waals surface area (Å²) in [6.45, 7) is 0. The van der Waals surface area contributed by atoms with E-state index in [0.29, 0.717) is 33.5 Å². The van der Waals surface area contributed by atoms with Crippen LogP contribution in [-0.2, 0) is 11.2 Å². The third kappa shape index (κ3) is 5.12.